The number of carbonyl (C=O) groups excluding carboxylic acids is 2. The molecule has 1 aliphatic rings. The van der Waals surface area contributed by atoms with Crippen LogP contribution in [0.4, 0.5) is 0 Å². The molecular weight excluding hydrogens is 218 g/mol. The van der Waals surface area contributed by atoms with Gasteiger partial charge in [-0.3, -0.25) is 9.59 Å². The third kappa shape index (κ3) is 2.96. The van der Waals surface area contributed by atoms with Crippen LogP contribution in [0.15, 0.2) is 0 Å². The summed E-state index contributed by atoms with van der Waals surface area (Å²) in [7, 11) is 0. The summed E-state index contributed by atoms with van der Waals surface area (Å²) in [4.78, 5) is 25.3. The zero-order chi connectivity index (χ0) is 12.8. The molecule has 2 unspecified atom stereocenters. The van der Waals surface area contributed by atoms with E-state index in [4.69, 9.17) is 5.26 Å². The summed E-state index contributed by atoms with van der Waals surface area (Å²) in [5.74, 6) is -0.920. The van der Waals surface area contributed by atoms with Gasteiger partial charge in [-0.1, -0.05) is 20.3 Å². The predicted octanol–water partition coefficient (Wildman–Crippen LogP) is 0.663. The Morgan fingerprint density at radius 2 is 2.35 bits per heavy atom. The van der Waals surface area contributed by atoms with Gasteiger partial charge in [0.2, 0.25) is 11.8 Å². The average molecular weight is 237 g/mol. The van der Waals surface area contributed by atoms with E-state index in [1.807, 2.05) is 19.9 Å². The molecule has 2 amide bonds. The molecule has 17 heavy (non-hydrogen) atoms. The number of nitriles is 1. The summed E-state index contributed by atoms with van der Waals surface area (Å²) < 4.78 is 0. The average Bonchev–Trinajstić information content (AvgIpc) is 2.34. The minimum absolute atomic E-state index is 0.111. The van der Waals surface area contributed by atoms with Crippen LogP contribution in [0, 0.1) is 17.2 Å². The smallest absolute Gasteiger partial charge is 0.242 e. The van der Waals surface area contributed by atoms with Crippen molar-refractivity contribution < 1.29 is 9.59 Å². The Kier molecular flexibility index (Phi) is 4.95. The zero-order valence-electron chi connectivity index (χ0n) is 10.4. The molecule has 5 heteroatoms. The maximum atomic E-state index is 12.2. The first kappa shape index (κ1) is 13.5. The van der Waals surface area contributed by atoms with Crippen LogP contribution in [0.1, 0.15) is 33.1 Å². The molecule has 0 spiro atoms. The molecule has 2 atom stereocenters. The molecule has 0 bridgehead atoms. The van der Waals surface area contributed by atoms with Crippen LogP contribution < -0.4 is 5.32 Å². The third-order valence-corrected chi connectivity index (χ3v) is 3.03. The summed E-state index contributed by atoms with van der Waals surface area (Å²) in [5.41, 5.74) is 0. The largest absolute Gasteiger partial charge is 0.353 e. The van der Waals surface area contributed by atoms with Gasteiger partial charge in [0.1, 0.15) is 12.0 Å². The zero-order valence-corrected chi connectivity index (χ0v) is 10.4. The SMILES string of the molecule is CCCC(C#N)C(=O)N1CCNC(=O)C1CC. The topological polar surface area (TPSA) is 73.2 Å². The molecule has 1 heterocycles. The fourth-order valence-electron chi connectivity index (χ4n) is 2.12. The van der Waals surface area contributed by atoms with E-state index in [9.17, 15) is 9.59 Å². The molecule has 1 N–H and O–H groups in total. The number of nitrogens with one attached hydrogen (secondary N) is 1. The molecule has 0 aromatic carbocycles. The van der Waals surface area contributed by atoms with Gasteiger partial charge >= 0.3 is 0 Å². The molecule has 0 aromatic heterocycles. The summed E-state index contributed by atoms with van der Waals surface area (Å²) in [5, 5.41) is 11.7. The number of hydrogen-bond acceptors (Lipinski definition) is 3. The van der Waals surface area contributed by atoms with Crippen LogP contribution in [-0.4, -0.2) is 35.8 Å². The first-order valence-corrected chi connectivity index (χ1v) is 6.13. The maximum Gasteiger partial charge on any atom is 0.242 e. The van der Waals surface area contributed by atoms with E-state index in [-0.39, 0.29) is 11.8 Å². The molecule has 1 rings (SSSR count). The van der Waals surface area contributed by atoms with Crippen molar-refractivity contribution in [2.75, 3.05) is 13.1 Å². The van der Waals surface area contributed by atoms with Gasteiger partial charge in [-0.2, -0.15) is 5.26 Å². The maximum absolute atomic E-state index is 12.2. The molecule has 0 aliphatic carbocycles. The van der Waals surface area contributed by atoms with Crippen molar-refractivity contribution in [2.24, 2.45) is 5.92 Å². The van der Waals surface area contributed by atoms with Crippen molar-refractivity contribution in [3.63, 3.8) is 0 Å². The number of amides is 2. The van der Waals surface area contributed by atoms with E-state index in [2.05, 4.69) is 5.32 Å². The highest BCUT2D eigenvalue weighted by molar-refractivity contribution is 5.90. The lowest BCUT2D eigenvalue weighted by Crippen LogP contribution is -2.58. The Morgan fingerprint density at radius 1 is 1.65 bits per heavy atom. The van der Waals surface area contributed by atoms with Crippen LogP contribution in [0.3, 0.4) is 0 Å². The highest BCUT2D eigenvalue weighted by atomic mass is 16.2. The number of carbonyl (C=O) groups is 2. The molecule has 1 aliphatic heterocycles. The lowest BCUT2D eigenvalue weighted by molar-refractivity contribution is -0.145. The van der Waals surface area contributed by atoms with Crippen LogP contribution in [0.25, 0.3) is 0 Å². The fraction of sp³-hybridized carbons (Fsp3) is 0.750. The summed E-state index contributed by atoms with van der Waals surface area (Å²) in [6.45, 7) is 4.80. The molecule has 0 radical (unpaired) electrons. The minimum atomic E-state index is -0.611. The molecular formula is C12H19N3O2. The second-order valence-electron chi connectivity index (χ2n) is 4.22. The van der Waals surface area contributed by atoms with E-state index in [1.165, 1.54) is 0 Å². The first-order chi connectivity index (χ1) is 8.15. The Morgan fingerprint density at radius 3 is 2.88 bits per heavy atom. The van der Waals surface area contributed by atoms with Crippen molar-refractivity contribution in [3.05, 3.63) is 0 Å². The number of nitrogens with zero attached hydrogens (tertiary/aromatic N) is 2. The normalized spacial score (nSPS) is 21.6. The summed E-state index contributed by atoms with van der Waals surface area (Å²) >= 11 is 0. The highest BCUT2D eigenvalue weighted by Crippen LogP contribution is 2.15. The molecule has 5 nitrogen and oxygen atoms in total. The monoisotopic (exact) mass is 237 g/mol. The predicted molar refractivity (Wildman–Crippen MR) is 62.8 cm³/mol. The molecule has 94 valence electrons. The van der Waals surface area contributed by atoms with Gasteiger partial charge in [-0.05, 0) is 12.8 Å². The van der Waals surface area contributed by atoms with Crippen LogP contribution in [0.5, 0.6) is 0 Å². The van der Waals surface area contributed by atoms with Gasteiger partial charge in [-0.25, -0.2) is 0 Å². The minimum Gasteiger partial charge on any atom is -0.353 e. The Hall–Kier alpha value is -1.57. The van der Waals surface area contributed by atoms with Crippen molar-refractivity contribution >= 4 is 11.8 Å². The molecule has 0 saturated carbocycles. The fourth-order valence-corrected chi connectivity index (χ4v) is 2.12. The van der Waals surface area contributed by atoms with Gasteiger partial charge < -0.3 is 10.2 Å². The first-order valence-electron chi connectivity index (χ1n) is 6.13. The standard InChI is InChI=1S/C12H19N3O2/c1-3-5-9(8-13)12(17)15-7-6-14-11(16)10(15)4-2/h9-10H,3-7H2,1-2H3,(H,14,16). The van der Waals surface area contributed by atoms with Crippen LogP contribution >= 0.6 is 0 Å². The van der Waals surface area contributed by atoms with E-state index in [0.29, 0.717) is 25.9 Å². The van der Waals surface area contributed by atoms with Crippen molar-refractivity contribution in [2.45, 2.75) is 39.2 Å². The number of piperazine rings is 1. The second kappa shape index (κ2) is 6.24. The second-order valence-corrected chi connectivity index (χ2v) is 4.22. The molecule has 1 fully saturated rings. The van der Waals surface area contributed by atoms with E-state index in [0.717, 1.165) is 6.42 Å². The van der Waals surface area contributed by atoms with E-state index < -0.39 is 12.0 Å². The lowest BCUT2D eigenvalue weighted by atomic mass is 10.0. The third-order valence-electron chi connectivity index (χ3n) is 3.03. The van der Waals surface area contributed by atoms with E-state index >= 15 is 0 Å². The summed E-state index contributed by atoms with van der Waals surface area (Å²) in [6, 6.07) is 1.62. The Bertz CT molecular complexity index is 335. The number of rotatable bonds is 4. The lowest BCUT2D eigenvalue weighted by Gasteiger charge is -2.35. The Balaban J connectivity index is 2.78. The summed E-state index contributed by atoms with van der Waals surface area (Å²) in [6.07, 6.45) is 1.94. The van der Waals surface area contributed by atoms with Gasteiger partial charge in [0.25, 0.3) is 0 Å². The quantitative estimate of drug-likeness (QED) is 0.780. The van der Waals surface area contributed by atoms with E-state index in [1.54, 1.807) is 4.90 Å². The number of hydrogen-bond donors (Lipinski definition) is 1. The van der Waals surface area contributed by atoms with Gasteiger partial charge in [0.05, 0.1) is 6.07 Å². The van der Waals surface area contributed by atoms with Gasteiger partial charge in [0.15, 0.2) is 0 Å². The highest BCUT2D eigenvalue weighted by Gasteiger charge is 2.34. The molecule has 0 aromatic rings. The molecule has 1 saturated heterocycles. The van der Waals surface area contributed by atoms with Crippen LogP contribution in [0.2, 0.25) is 0 Å². The van der Waals surface area contributed by atoms with Gasteiger partial charge in [-0.15, -0.1) is 0 Å². The Labute approximate surface area is 102 Å². The van der Waals surface area contributed by atoms with Crippen molar-refractivity contribution in [1.29, 1.82) is 5.26 Å². The van der Waals surface area contributed by atoms with Gasteiger partial charge in [0, 0.05) is 13.1 Å². The van der Waals surface area contributed by atoms with Crippen molar-refractivity contribution in [3.8, 4) is 6.07 Å². The van der Waals surface area contributed by atoms with Crippen LogP contribution in [-0.2, 0) is 9.59 Å². The van der Waals surface area contributed by atoms with Crippen molar-refractivity contribution in [1.82, 2.24) is 10.2 Å².